The number of hydrogen-bond acceptors (Lipinski definition) is 4. The van der Waals surface area contributed by atoms with E-state index in [1.165, 1.54) is 5.56 Å². The fourth-order valence-electron chi connectivity index (χ4n) is 3.32. The molecule has 5 nitrogen and oxygen atoms in total. The van der Waals surface area contributed by atoms with Crippen molar-refractivity contribution in [2.24, 2.45) is 0 Å². The Morgan fingerprint density at radius 3 is 2.88 bits per heavy atom. The van der Waals surface area contributed by atoms with Crippen LogP contribution in [0.25, 0.3) is 0 Å². The Bertz CT molecular complexity index is 690. The Morgan fingerprint density at radius 1 is 1.25 bits per heavy atom. The summed E-state index contributed by atoms with van der Waals surface area (Å²) in [4.78, 5) is 18.7. The molecule has 1 aromatic heterocycles. The van der Waals surface area contributed by atoms with Crippen molar-refractivity contribution in [1.29, 1.82) is 0 Å². The molecule has 1 N–H and O–H groups in total. The molecular weight excluding hydrogens is 302 g/mol. The third-order valence-electron chi connectivity index (χ3n) is 4.43. The molecule has 1 fully saturated rings. The molecule has 1 aliphatic rings. The highest BCUT2D eigenvalue weighted by atomic mass is 16.5. The highest BCUT2D eigenvalue weighted by Gasteiger charge is 2.28. The number of ether oxygens (including phenoxy) is 1. The lowest BCUT2D eigenvalue weighted by atomic mass is 9.88. The monoisotopic (exact) mass is 325 g/mol. The summed E-state index contributed by atoms with van der Waals surface area (Å²) >= 11 is 0. The first-order valence-electron chi connectivity index (χ1n) is 8.20. The van der Waals surface area contributed by atoms with Crippen LogP contribution in [-0.4, -0.2) is 49.1 Å². The minimum absolute atomic E-state index is 0.106. The van der Waals surface area contributed by atoms with Crippen LogP contribution >= 0.6 is 0 Å². The van der Waals surface area contributed by atoms with Crippen LogP contribution in [0.5, 0.6) is 5.75 Å². The van der Waals surface area contributed by atoms with Gasteiger partial charge in [-0.25, -0.2) is 0 Å². The molecular formula is C19H23N3O2. The summed E-state index contributed by atoms with van der Waals surface area (Å²) < 4.78 is 5.33. The number of aromatic nitrogens is 1. The molecule has 0 aliphatic carbocycles. The summed E-state index contributed by atoms with van der Waals surface area (Å²) in [5.41, 5.74) is 1.71. The van der Waals surface area contributed by atoms with Crippen molar-refractivity contribution in [2.45, 2.75) is 18.4 Å². The lowest BCUT2D eigenvalue weighted by Gasteiger charge is -2.36. The van der Waals surface area contributed by atoms with Crippen LogP contribution in [0.3, 0.4) is 0 Å². The Hall–Kier alpha value is -2.40. The van der Waals surface area contributed by atoms with E-state index >= 15 is 0 Å². The first kappa shape index (κ1) is 16.5. The number of nitrogens with zero attached hydrogens (tertiary/aromatic N) is 2. The van der Waals surface area contributed by atoms with Gasteiger partial charge in [0.05, 0.1) is 7.11 Å². The van der Waals surface area contributed by atoms with Gasteiger partial charge in [-0.15, -0.1) is 0 Å². The number of carbonyl (C=O) groups is 1. The highest BCUT2D eigenvalue weighted by molar-refractivity contribution is 5.92. The van der Waals surface area contributed by atoms with Crippen molar-refractivity contribution in [1.82, 2.24) is 15.2 Å². The topological polar surface area (TPSA) is 54.5 Å². The van der Waals surface area contributed by atoms with E-state index in [1.54, 1.807) is 19.4 Å². The molecule has 0 radical (unpaired) electrons. The molecule has 0 saturated carbocycles. The number of pyridine rings is 1. The van der Waals surface area contributed by atoms with Gasteiger partial charge in [0.2, 0.25) is 0 Å². The van der Waals surface area contributed by atoms with Crippen molar-refractivity contribution in [2.75, 3.05) is 27.2 Å². The van der Waals surface area contributed by atoms with Crippen molar-refractivity contribution < 1.29 is 9.53 Å². The van der Waals surface area contributed by atoms with Gasteiger partial charge in [0, 0.05) is 25.3 Å². The van der Waals surface area contributed by atoms with Crippen LogP contribution < -0.4 is 10.1 Å². The summed E-state index contributed by atoms with van der Waals surface area (Å²) in [6.07, 6.45) is 2.55. The van der Waals surface area contributed by atoms with Gasteiger partial charge in [0.15, 0.2) is 0 Å². The number of amides is 1. The number of hydrogen-bond donors (Lipinski definition) is 1. The summed E-state index contributed by atoms with van der Waals surface area (Å²) in [7, 11) is 3.77. The molecule has 2 aromatic rings. The van der Waals surface area contributed by atoms with Gasteiger partial charge in [-0.05, 0) is 49.2 Å². The fraction of sp³-hybridized carbons (Fsp3) is 0.368. The zero-order valence-electron chi connectivity index (χ0n) is 14.1. The molecule has 0 spiro atoms. The first-order valence-corrected chi connectivity index (χ1v) is 8.20. The first-order chi connectivity index (χ1) is 11.7. The zero-order valence-corrected chi connectivity index (χ0v) is 14.1. The van der Waals surface area contributed by atoms with E-state index in [1.807, 2.05) is 24.3 Å². The summed E-state index contributed by atoms with van der Waals surface area (Å²) in [6.45, 7) is 1.82. The second-order valence-electron chi connectivity index (χ2n) is 6.32. The molecule has 1 amide bonds. The van der Waals surface area contributed by atoms with Gasteiger partial charge in [0.25, 0.3) is 5.91 Å². The van der Waals surface area contributed by atoms with Gasteiger partial charge >= 0.3 is 0 Å². The zero-order chi connectivity index (χ0) is 16.9. The highest BCUT2D eigenvalue weighted by Crippen LogP contribution is 2.28. The minimum atomic E-state index is -0.111. The van der Waals surface area contributed by atoms with Gasteiger partial charge in [-0.1, -0.05) is 18.2 Å². The normalized spacial score (nSPS) is 21.2. The number of piperidine rings is 1. The number of likely N-dealkylation sites (N-methyl/N-ethyl adjacent to an activating group) is 1. The molecule has 24 heavy (non-hydrogen) atoms. The number of methoxy groups -OCH3 is 1. The van der Waals surface area contributed by atoms with Crippen molar-refractivity contribution in [3.63, 3.8) is 0 Å². The average Bonchev–Trinajstić information content (AvgIpc) is 2.62. The Morgan fingerprint density at radius 2 is 2.12 bits per heavy atom. The summed E-state index contributed by atoms with van der Waals surface area (Å²) in [5.74, 6) is 1.13. The number of rotatable bonds is 4. The van der Waals surface area contributed by atoms with Crippen molar-refractivity contribution >= 4 is 5.91 Å². The third kappa shape index (κ3) is 3.92. The maximum Gasteiger partial charge on any atom is 0.270 e. The molecule has 2 atom stereocenters. The fourth-order valence-corrected chi connectivity index (χ4v) is 3.32. The van der Waals surface area contributed by atoms with Crippen LogP contribution in [-0.2, 0) is 0 Å². The van der Waals surface area contributed by atoms with E-state index < -0.39 is 0 Å². The lowest BCUT2D eigenvalue weighted by Crippen LogP contribution is -2.48. The predicted molar refractivity (Wildman–Crippen MR) is 93.3 cm³/mol. The molecule has 5 heteroatoms. The average molecular weight is 325 g/mol. The molecule has 0 bridgehead atoms. The van der Waals surface area contributed by atoms with Crippen LogP contribution in [0.2, 0.25) is 0 Å². The molecule has 1 saturated heterocycles. The molecule has 3 rings (SSSR count). The Balaban J connectivity index is 1.70. The second-order valence-corrected chi connectivity index (χ2v) is 6.32. The summed E-state index contributed by atoms with van der Waals surface area (Å²) in [6, 6.07) is 13.7. The van der Waals surface area contributed by atoms with E-state index in [-0.39, 0.29) is 11.9 Å². The van der Waals surface area contributed by atoms with Crippen LogP contribution in [0.15, 0.2) is 48.7 Å². The molecule has 1 aromatic carbocycles. The molecule has 126 valence electrons. The second kappa shape index (κ2) is 7.45. The number of carbonyl (C=O) groups excluding carboxylic acids is 1. The predicted octanol–water partition coefficient (Wildman–Crippen LogP) is 2.31. The largest absolute Gasteiger partial charge is 0.497 e. The maximum absolute atomic E-state index is 12.4. The number of benzene rings is 1. The third-order valence-corrected chi connectivity index (χ3v) is 4.43. The Labute approximate surface area is 142 Å². The molecule has 1 aliphatic heterocycles. The summed E-state index contributed by atoms with van der Waals surface area (Å²) in [5, 5.41) is 3.12. The van der Waals surface area contributed by atoms with Crippen molar-refractivity contribution in [3.05, 3.63) is 59.9 Å². The van der Waals surface area contributed by atoms with Crippen LogP contribution in [0.1, 0.15) is 28.4 Å². The van der Waals surface area contributed by atoms with E-state index in [2.05, 4.69) is 34.4 Å². The van der Waals surface area contributed by atoms with Gasteiger partial charge in [-0.2, -0.15) is 0 Å². The van der Waals surface area contributed by atoms with E-state index in [0.717, 1.165) is 25.3 Å². The minimum Gasteiger partial charge on any atom is -0.497 e. The molecule has 2 unspecified atom stereocenters. The number of likely N-dealkylation sites (tertiary alicyclic amines) is 1. The van der Waals surface area contributed by atoms with E-state index in [9.17, 15) is 4.79 Å². The van der Waals surface area contributed by atoms with Gasteiger partial charge in [-0.3, -0.25) is 9.78 Å². The van der Waals surface area contributed by atoms with Gasteiger partial charge in [0.1, 0.15) is 11.4 Å². The van der Waals surface area contributed by atoms with Crippen LogP contribution in [0.4, 0.5) is 0 Å². The smallest absolute Gasteiger partial charge is 0.270 e. The maximum atomic E-state index is 12.4. The Kier molecular flexibility index (Phi) is 5.11. The standard InChI is InChI=1S/C19H23N3O2/c1-22-12-15(14-6-5-7-17(11-14)24-2)10-16(13-22)21-19(23)18-8-3-4-9-20-18/h3-9,11,15-16H,10,12-13H2,1-2H3,(H,21,23). The van der Waals surface area contributed by atoms with Crippen LogP contribution in [0, 0.1) is 0 Å². The quantitative estimate of drug-likeness (QED) is 0.937. The van der Waals surface area contributed by atoms with E-state index in [0.29, 0.717) is 11.6 Å². The molecule has 2 heterocycles. The SMILES string of the molecule is COc1cccc(C2CC(NC(=O)c3ccccn3)CN(C)C2)c1. The van der Waals surface area contributed by atoms with Crippen molar-refractivity contribution in [3.8, 4) is 5.75 Å². The van der Waals surface area contributed by atoms with Gasteiger partial charge < -0.3 is 15.0 Å². The lowest BCUT2D eigenvalue weighted by molar-refractivity contribution is 0.0900. The number of nitrogens with one attached hydrogen (secondary N) is 1. The van der Waals surface area contributed by atoms with E-state index in [4.69, 9.17) is 4.74 Å².